The predicted octanol–water partition coefficient (Wildman–Crippen LogP) is 2.78. The minimum absolute atomic E-state index is 0.00884. The van der Waals surface area contributed by atoms with E-state index < -0.39 is 0 Å². The van der Waals surface area contributed by atoms with Crippen LogP contribution in [-0.2, 0) is 4.79 Å². The van der Waals surface area contributed by atoms with Gasteiger partial charge in [0.2, 0.25) is 5.91 Å². The SMILES string of the molecule is CCC(=O)NC1CCCN(C(=O)c2cccc(Cl)c2C)C1. The first-order valence-corrected chi connectivity index (χ1v) is 7.74. The van der Waals surface area contributed by atoms with Crippen molar-refractivity contribution in [2.75, 3.05) is 13.1 Å². The molecule has 0 spiro atoms. The van der Waals surface area contributed by atoms with E-state index in [1.165, 1.54) is 0 Å². The van der Waals surface area contributed by atoms with E-state index in [1.54, 1.807) is 18.2 Å². The highest BCUT2D eigenvalue weighted by Crippen LogP contribution is 2.21. The van der Waals surface area contributed by atoms with Gasteiger partial charge in [-0.3, -0.25) is 9.59 Å². The Kier molecular flexibility index (Phi) is 5.23. The number of likely N-dealkylation sites (tertiary alicyclic amines) is 1. The first-order chi connectivity index (χ1) is 10.0. The van der Waals surface area contributed by atoms with Crippen molar-refractivity contribution in [2.45, 2.75) is 39.2 Å². The van der Waals surface area contributed by atoms with Crippen LogP contribution in [0.2, 0.25) is 5.02 Å². The summed E-state index contributed by atoms with van der Waals surface area (Å²) >= 11 is 6.09. The van der Waals surface area contributed by atoms with Crippen molar-refractivity contribution in [3.8, 4) is 0 Å². The zero-order chi connectivity index (χ0) is 15.4. The Morgan fingerprint density at radius 1 is 1.43 bits per heavy atom. The Morgan fingerprint density at radius 2 is 2.19 bits per heavy atom. The lowest BCUT2D eigenvalue weighted by Crippen LogP contribution is -2.49. The third-order valence-electron chi connectivity index (χ3n) is 3.89. The van der Waals surface area contributed by atoms with Gasteiger partial charge >= 0.3 is 0 Å². The second-order valence-electron chi connectivity index (χ2n) is 5.42. The second-order valence-corrected chi connectivity index (χ2v) is 5.83. The van der Waals surface area contributed by atoms with Crippen molar-refractivity contribution >= 4 is 23.4 Å². The van der Waals surface area contributed by atoms with Crippen LogP contribution in [-0.4, -0.2) is 35.8 Å². The zero-order valence-corrected chi connectivity index (χ0v) is 13.2. The maximum atomic E-state index is 12.6. The van der Waals surface area contributed by atoms with Crippen molar-refractivity contribution in [3.63, 3.8) is 0 Å². The molecule has 21 heavy (non-hydrogen) atoms. The normalized spacial score (nSPS) is 18.4. The van der Waals surface area contributed by atoms with Gasteiger partial charge in [0.25, 0.3) is 5.91 Å². The summed E-state index contributed by atoms with van der Waals surface area (Å²) in [7, 11) is 0. The molecule has 1 aromatic carbocycles. The first kappa shape index (κ1) is 15.8. The topological polar surface area (TPSA) is 49.4 Å². The van der Waals surface area contributed by atoms with Crippen LogP contribution in [0, 0.1) is 6.92 Å². The summed E-state index contributed by atoms with van der Waals surface area (Å²) in [6.45, 7) is 4.98. The number of nitrogens with one attached hydrogen (secondary N) is 1. The Hall–Kier alpha value is -1.55. The maximum absolute atomic E-state index is 12.6. The Labute approximate surface area is 130 Å². The van der Waals surface area contributed by atoms with E-state index in [9.17, 15) is 9.59 Å². The monoisotopic (exact) mass is 308 g/mol. The molecule has 1 aromatic rings. The van der Waals surface area contributed by atoms with Crippen LogP contribution in [0.1, 0.15) is 42.1 Å². The van der Waals surface area contributed by atoms with Gasteiger partial charge in [0, 0.05) is 36.1 Å². The van der Waals surface area contributed by atoms with Crippen molar-refractivity contribution in [1.29, 1.82) is 0 Å². The van der Waals surface area contributed by atoms with Crippen LogP contribution in [0.25, 0.3) is 0 Å². The van der Waals surface area contributed by atoms with Gasteiger partial charge in [-0.25, -0.2) is 0 Å². The van der Waals surface area contributed by atoms with Gasteiger partial charge in [0.15, 0.2) is 0 Å². The van der Waals surface area contributed by atoms with Crippen LogP contribution in [0.5, 0.6) is 0 Å². The molecule has 1 aliphatic rings. The minimum atomic E-state index is -0.00884. The number of hydrogen-bond acceptors (Lipinski definition) is 2. The molecular formula is C16H21ClN2O2. The molecule has 1 unspecified atom stereocenters. The highest BCUT2D eigenvalue weighted by molar-refractivity contribution is 6.31. The Bertz CT molecular complexity index is 545. The summed E-state index contributed by atoms with van der Waals surface area (Å²) in [4.78, 5) is 25.9. The van der Waals surface area contributed by atoms with Gasteiger partial charge in [0.1, 0.15) is 0 Å². The molecule has 0 saturated carbocycles. The van der Waals surface area contributed by atoms with E-state index in [2.05, 4.69) is 5.32 Å². The molecule has 0 aromatic heterocycles. The van der Waals surface area contributed by atoms with Gasteiger partial charge in [0.05, 0.1) is 0 Å². The number of carbonyl (C=O) groups excluding carboxylic acids is 2. The maximum Gasteiger partial charge on any atom is 0.254 e. The number of carbonyl (C=O) groups is 2. The van der Waals surface area contributed by atoms with E-state index in [4.69, 9.17) is 11.6 Å². The van der Waals surface area contributed by atoms with Crippen molar-refractivity contribution in [1.82, 2.24) is 10.2 Å². The lowest BCUT2D eigenvalue weighted by Gasteiger charge is -2.33. The Morgan fingerprint density at radius 3 is 2.90 bits per heavy atom. The molecule has 1 N–H and O–H groups in total. The molecule has 0 radical (unpaired) electrons. The van der Waals surface area contributed by atoms with Crippen LogP contribution in [0.15, 0.2) is 18.2 Å². The largest absolute Gasteiger partial charge is 0.352 e. The standard InChI is InChI=1S/C16H21ClN2O2/c1-3-15(20)18-12-6-5-9-19(10-12)16(21)13-7-4-8-14(17)11(13)2/h4,7-8,12H,3,5-6,9-10H2,1-2H3,(H,18,20). The number of piperidine rings is 1. The van der Waals surface area contributed by atoms with Crippen LogP contribution in [0.3, 0.4) is 0 Å². The highest BCUT2D eigenvalue weighted by Gasteiger charge is 2.26. The van der Waals surface area contributed by atoms with Crippen LogP contribution < -0.4 is 5.32 Å². The number of benzene rings is 1. The summed E-state index contributed by atoms with van der Waals surface area (Å²) in [5, 5.41) is 3.58. The smallest absolute Gasteiger partial charge is 0.254 e. The molecule has 1 aliphatic heterocycles. The molecule has 5 heteroatoms. The zero-order valence-electron chi connectivity index (χ0n) is 12.5. The van der Waals surface area contributed by atoms with E-state index in [0.717, 1.165) is 24.9 Å². The highest BCUT2D eigenvalue weighted by atomic mass is 35.5. The molecule has 1 heterocycles. The summed E-state index contributed by atoms with van der Waals surface area (Å²) in [6.07, 6.45) is 2.29. The van der Waals surface area contributed by atoms with Crippen LogP contribution >= 0.6 is 11.6 Å². The molecule has 2 rings (SSSR count). The third-order valence-corrected chi connectivity index (χ3v) is 4.30. The summed E-state index contributed by atoms with van der Waals surface area (Å²) in [5.74, 6) is 0.0266. The first-order valence-electron chi connectivity index (χ1n) is 7.36. The fourth-order valence-electron chi connectivity index (χ4n) is 2.62. The quantitative estimate of drug-likeness (QED) is 0.933. The van der Waals surface area contributed by atoms with Crippen LogP contribution in [0.4, 0.5) is 0 Å². The van der Waals surface area contributed by atoms with E-state index >= 15 is 0 Å². The summed E-state index contributed by atoms with van der Waals surface area (Å²) in [5.41, 5.74) is 1.45. The van der Waals surface area contributed by atoms with Gasteiger partial charge in [-0.15, -0.1) is 0 Å². The summed E-state index contributed by atoms with van der Waals surface area (Å²) < 4.78 is 0. The minimum Gasteiger partial charge on any atom is -0.352 e. The molecule has 2 amide bonds. The number of nitrogens with zero attached hydrogens (tertiary/aromatic N) is 1. The fourth-order valence-corrected chi connectivity index (χ4v) is 2.79. The number of rotatable bonds is 3. The molecule has 1 saturated heterocycles. The Balaban J connectivity index is 2.08. The molecular weight excluding hydrogens is 288 g/mol. The van der Waals surface area contributed by atoms with Crippen molar-refractivity contribution < 1.29 is 9.59 Å². The number of hydrogen-bond donors (Lipinski definition) is 1. The predicted molar refractivity (Wildman–Crippen MR) is 83.5 cm³/mol. The van der Waals surface area contributed by atoms with Gasteiger partial charge in [-0.1, -0.05) is 24.6 Å². The lowest BCUT2D eigenvalue weighted by molar-refractivity contribution is -0.121. The average molecular weight is 309 g/mol. The van der Waals surface area contributed by atoms with E-state index in [0.29, 0.717) is 23.6 Å². The summed E-state index contributed by atoms with van der Waals surface area (Å²) in [6, 6.07) is 5.43. The molecule has 1 fully saturated rings. The average Bonchev–Trinajstić information content (AvgIpc) is 2.49. The molecule has 114 valence electrons. The molecule has 0 aliphatic carbocycles. The van der Waals surface area contributed by atoms with E-state index in [1.807, 2.05) is 18.7 Å². The lowest BCUT2D eigenvalue weighted by atomic mass is 10.0. The molecule has 1 atom stereocenters. The van der Waals surface area contributed by atoms with Gasteiger partial charge < -0.3 is 10.2 Å². The fraction of sp³-hybridized carbons (Fsp3) is 0.500. The van der Waals surface area contributed by atoms with Gasteiger partial charge in [-0.05, 0) is 37.5 Å². The molecule has 0 bridgehead atoms. The van der Waals surface area contributed by atoms with Crippen molar-refractivity contribution in [3.05, 3.63) is 34.3 Å². The number of amides is 2. The van der Waals surface area contributed by atoms with Crippen molar-refractivity contribution in [2.24, 2.45) is 0 Å². The second kappa shape index (κ2) is 6.94. The molecule has 4 nitrogen and oxygen atoms in total. The van der Waals surface area contributed by atoms with E-state index in [-0.39, 0.29) is 17.9 Å². The van der Waals surface area contributed by atoms with Gasteiger partial charge in [-0.2, -0.15) is 0 Å². The number of halogens is 1. The third kappa shape index (κ3) is 3.76.